The first kappa shape index (κ1) is 13.4. The van der Waals surface area contributed by atoms with Crippen LogP contribution < -0.4 is 4.74 Å². The first-order valence-corrected chi connectivity index (χ1v) is 6.45. The van der Waals surface area contributed by atoms with E-state index in [4.69, 9.17) is 9.47 Å². The van der Waals surface area contributed by atoms with Gasteiger partial charge in [0.2, 0.25) is 0 Å². The molecule has 0 heterocycles. The molecule has 100 valence electrons. The van der Waals surface area contributed by atoms with Gasteiger partial charge < -0.3 is 14.6 Å². The molecule has 0 saturated heterocycles. The maximum atomic E-state index is 10.5. The van der Waals surface area contributed by atoms with Crippen molar-refractivity contribution in [3.63, 3.8) is 0 Å². The lowest BCUT2D eigenvalue weighted by molar-refractivity contribution is -0.0268. The summed E-state index contributed by atoms with van der Waals surface area (Å²) < 4.78 is 10.9. The Kier molecular flexibility index (Phi) is 3.93. The van der Waals surface area contributed by atoms with Crippen molar-refractivity contribution in [3.05, 3.63) is 28.8 Å². The van der Waals surface area contributed by atoms with Crippen LogP contribution in [0.1, 0.15) is 35.6 Å². The molecule has 1 aromatic carbocycles. The molecule has 0 bridgehead atoms. The Hall–Kier alpha value is -1.06. The molecule has 0 amide bonds. The van der Waals surface area contributed by atoms with E-state index in [1.807, 2.05) is 26.0 Å². The van der Waals surface area contributed by atoms with Crippen LogP contribution in [0.5, 0.6) is 5.75 Å². The number of hydrogen-bond donors (Lipinski definition) is 1. The fourth-order valence-corrected chi connectivity index (χ4v) is 2.50. The monoisotopic (exact) mass is 250 g/mol. The molecule has 0 radical (unpaired) electrons. The molecule has 1 aliphatic carbocycles. The maximum Gasteiger partial charge on any atom is 0.127 e. The van der Waals surface area contributed by atoms with Crippen LogP contribution in [0.25, 0.3) is 0 Å². The Morgan fingerprint density at radius 1 is 1.22 bits per heavy atom. The molecule has 1 fully saturated rings. The standard InChI is InChI=1S/C15H22O3/c1-9-5-8-12(14(17-3)10(9)2)13(16)15(18-4)11-6-7-11/h5,8,11,13,15-16H,6-7H2,1-4H3. The van der Waals surface area contributed by atoms with Gasteiger partial charge in [0.1, 0.15) is 11.9 Å². The summed E-state index contributed by atoms with van der Waals surface area (Å²) in [5, 5.41) is 10.5. The minimum absolute atomic E-state index is 0.124. The lowest BCUT2D eigenvalue weighted by atomic mass is 9.96. The van der Waals surface area contributed by atoms with E-state index in [1.165, 1.54) is 5.56 Å². The Labute approximate surface area is 109 Å². The van der Waals surface area contributed by atoms with Crippen LogP contribution in [-0.2, 0) is 4.74 Å². The third kappa shape index (κ3) is 2.38. The molecule has 2 rings (SSSR count). The fraction of sp³-hybridized carbons (Fsp3) is 0.600. The van der Waals surface area contributed by atoms with Crippen molar-refractivity contribution in [2.75, 3.05) is 14.2 Å². The van der Waals surface area contributed by atoms with Crippen LogP contribution in [0.15, 0.2) is 12.1 Å². The van der Waals surface area contributed by atoms with Crippen LogP contribution in [0.2, 0.25) is 0 Å². The van der Waals surface area contributed by atoms with E-state index < -0.39 is 6.10 Å². The second-order valence-corrected chi connectivity index (χ2v) is 5.11. The van der Waals surface area contributed by atoms with E-state index in [1.54, 1.807) is 14.2 Å². The van der Waals surface area contributed by atoms with Crippen LogP contribution in [0.4, 0.5) is 0 Å². The Morgan fingerprint density at radius 3 is 2.39 bits per heavy atom. The number of ether oxygens (including phenoxy) is 2. The summed E-state index contributed by atoms with van der Waals surface area (Å²) in [5.74, 6) is 1.27. The highest BCUT2D eigenvalue weighted by Gasteiger charge is 2.37. The van der Waals surface area contributed by atoms with E-state index in [-0.39, 0.29) is 6.10 Å². The first-order valence-electron chi connectivity index (χ1n) is 6.45. The number of aryl methyl sites for hydroxylation is 1. The molecule has 0 spiro atoms. The summed E-state index contributed by atoms with van der Waals surface area (Å²) in [4.78, 5) is 0. The average molecular weight is 250 g/mol. The Balaban J connectivity index is 2.34. The highest BCUT2D eigenvalue weighted by Crippen LogP contribution is 2.42. The van der Waals surface area contributed by atoms with Gasteiger partial charge in [-0.1, -0.05) is 12.1 Å². The molecule has 1 N–H and O–H groups in total. The highest BCUT2D eigenvalue weighted by atomic mass is 16.5. The normalized spacial score (nSPS) is 18.5. The van der Waals surface area contributed by atoms with Crippen molar-refractivity contribution in [3.8, 4) is 5.75 Å². The summed E-state index contributed by atoms with van der Waals surface area (Å²) in [6.07, 6.45) is 1.54. The summed E-state index contributed by atoms with van der Waals surface area (Å²) in [7, 11) is 3.32. The second-order valence-electron chi connectivity index (χ2n) is 5.11. The SMILES string of the molecule is COc1c(C(O)C(OC)C2CC2)ccc(C)c1C. The molecule has 0 aliphatic heterocycles. The third-order valence-corrected chi connectivity index (χ3v) is 3.90. The van der Waals surface area contributed by atoms with Gasteiger partial charge in [-0.15, -0.1) is 0 Å². The number of aliphatic hydroxyl groups excluding tert-OH is 1. The number of aliphatic hydroxyl groups is 1. The summed E-state index contributed by atoms with van der Waals surface area (Å²) in [5.41, 5.74) is 3.09. The van der Waals surface area contributed by atoms with Crippen molar-refractivity contribution in [1.29, 1.82) is 0 Å². The molecular formula is C15H22O3. The zero-order valence-corrected chi connectivity index (χ0v) is 11.6. The van der Waals surface area contributed by atoms with Gasteiger partial charge in [0.15, 0.2) is 0 Å². The molecule has 2 atom stereocenters. The van der Waals surface area contributed by atoms with Crippen molar-refractivity contribution in [2.45, 2.75) is 38.9 Å². The van der Waals surface area contributed by atoms with Gasteiger partial charge in [0.25, 0.3) is 0 Å². The summed E-state index contributed by atoms with van der Waals surface area (Å²) in [6, 6.07) is 3.97. The predicted molar refractivity (Wildman–Crippen MR) is 70.9 cm³/mol. The molecule has 2 unspecified atom stereocenters. The highest BCUT2D eigenvalue weighted by molar-refractivity contribution is 5.46. The van der Waals surface area contributed by atoms with Gasteiger partial charge in [-0.05, 0) is 43.7 Å². The molecule has 18 heavy (non-hydrogen) atoms. The van der Waals surface area contributed by atoms with Crippen LogP contribution in [0.3, 0.4) is 0 Å². The lowest BCUT2D eigenvalue weighted by Crippen LogP contribution is -2.23. The first-order chi connectivity index (χ1) is 8.60. The minimum Gasteiger partial charge on any atom is -0.496 e. The number of rotatable bonds is 5. The van der Waals surface area contributed by atoms with E-state index in [2.05, 4.69) is 0 Å². The minimum atomic E-state index is -0.614. The molecule has 1 saturated carbocycles. The maximum absolute atomic E-state index is 10.5. The Bertz CT molecular complexity index is 424. The van der Waals surface area contributed by atoms with Crippen molar-refractivity contribution < 1.29 is 14.6 Å². The van der Waals surface area contributed by atoms with E-state index in [9.17, 15) is 5.11 Å². The lowest BCUT2D eigenvalue weighted by Gasteiger charge is -2.24. The van der Waals surface area contributed by atoms with Crippen LogP contribution in [0, 0.1) is 19.8 Å². The van der Waals surface area contributed by atoms with Gasteiger partial charge in [-0.2, -0.15) is 0 Å². The zero-order chi connectivity index (χ0) is 13.3. The number of hydrogen-bond acceptors (Lipinski definition) is 3. The average Bonchev–Trinajstić information content (AvgIpc) is 3.17. The number of methoxy groups -OCH3 is 2. The van der Waals surface area contributed by atoms with E-state index >= 15 is 0 Å². The third-order valence-electron chi connectivity index (χ3n) is 3.90. The molecule has 1 aliphatic rings. The molecule has 3 heteroatoms. The van der Waals surface area contributed by atoms with E-state index in [0.717, 1.165) is 29.7 Å². The van der Waals surface area contributed by atoms with Crippen molar-refractivity contribution in [2.24, 2.45) is 5.92 Å². The molecule has 1 aromatic rings. The summed E-state index contributed by atoms with van der Waals surface area (Å²) in [6.45, 7) is 4.06. The number of benzene rings is 1. The smallest absolute Gasteiger partial charge is 0.127 e. The topological polar surface area (TPSA) is 38.7 Å². The van der Waals surface area contributed by atoms with Gasteiger partial charge >= 0.3 is 0 Å². The molecule has 0 aromatic heterocycles. The summed E-state index contributed by atoms with van der Waals surface area (Å²) >= 11 is 0. The van der Waals surface area contributed by atoms with Crippen LogP contribution in [-0.4, -0.2) is 25.4 Å². The fourth-order valence-electron chi connectivity index (χ4n) is 2.50. The molecular weight excluding hydrogens is 228 g/mol. The Morgan fingerprint density at radius 2 is 1.89 bits per heavy atom. The van der Waals surface area contributed by atoms with E-state index in [0.29, 0.717) is 5.92 Å². The van der Waals surface area contributed by atoms with Gasteiger partial charge in [-0.3, -0.25) is 0 Å². The van der Waals surface area contributed by atoms with Crippen molar-refractivity contribution in [1.82, 2.24) is 0 Å². The van der Waals surface area contributed by atoms with Gasteiger partial charge in [0.05, 0.1) is 13.2 Å². The quantitative estimate of drug-likeness (QED) is 0.873. The zero-order valence-electron chi connectivity index (χ0n) is 11.6. The van der Waals surface area contributed by atoms with Gasteiger partial charge in [-0.25, -0.2) is 0 Å². The van der Waals surface area contributed by atoms with Crippen LogP contribution >= 0.6 is 0 Å². The largest absolute Gasteiger partial charge is 0.496 e. The molecule has 3 nitrogen and oxygen atoms in total. The van der Waals surface area contributed by atoms with Gasteiger partial charge in [0, 0.05) is 12.7 Å². The second kappa shape index (κ2) is 5.29. The predicted octanol–water partition coefficient (Wildman–Crippen LogP) is 2.77. The van der Waals surface area contributed by atoms with Crippen molar-refractivity contribution >= 4 is 0 Å².